The second-order valence-electron chi connectivity index (χ2n) is 6.07. The number of aromatic hydroxyl groups is 1. The zero-order chi connectivity index (χ0) is 12.0. The number of rotatable bonds is 1. The van der Waals surface area contributed by atoms with E-state index >= 15 is 0 Å². The van der Waals surface area contributed by atoms with Gasteiger partial charge in [0.25, 0.3) is 0 Å². The van der Waals surface area contributed by atoms with Gasteiger partial charge in [0.1, 0.15) is 5.75 Å². The van der Waals surface area contributed by atoms with Crippen LogP contribution in [-0.4, -0.2) is 5.11 Å². The van der Waals surface area contributed by atoms with Crippen molar-refractivity contribution in [3.05, 3.63) is 29.3 Å². The Hall–Kier alpha value is -0.980. The van der Waals surface area contributed by atoms with E-state index in [-0.39, 0.29) is 5.41 Å². The summed E-state index contributed by atoms with van der Waals surface area (Å²) in [7, 11) is 0. The maximum atomic E-state index is 9.60. The molecule has 1 saturated carbocycles. The third kappa shape index (κ3) is 1.53. The fourth-order valence-electron chi connectivity index (χ4n) is 3.03. The van der Waals surface area contributed by atoms with Crippen LogP contribution in [0.3, 0.4) is 0 Å². The smallest absolute Gasteiger partial charge is 0.118 e. The van der Waals surface area contributed by atoms with Crippen molar-refractivity contribution in [1.29, 1.82) is 0 Å². The summed E-state index contributed by atoms with van der Waals surface area (Å²) in [6.07, 6.45) is 3.86. The monoisotopic (exact) mass is 218 g/mol. The van der Waals surface area contributed by atoms with Crippen LogP contribution in [0.1, 0.15) is 51.2 Å². The van der Waals surface area contributed by atoms with Gasteiger partial charge in [0, 0.05) is 0 Å². The van der Waals surface area contributed by atoms with Gasteiger partial charge in [0.2, 0.25) is 0 Å². The van der Waals surface area contributed by atoms with E-state index in [0.717, 1.165) is 5.56 Å². The molecule has 0 saturated heterocycles. The number of hydrogen-bond donors (Lipinski definition) is 1. The maximum absolute atomic E-state index is 9.60. The first-order valence-electron chi connectivity index (χ1n) is 6.17. The van der Waals surface area contributed by atoms with E-state index in [1.807, 2.05) is 13.0 Å². The first-order chi connectivity index (χ1) is 7.37. The molecular formula is C15H22O. The van der Waals surface area contributed by atoms with Crippen molar-refractivity contribution in [2.45, 2.75) is 52.4 Å². The molecule has 1 fully saturated rings. The Morgan fingerprint density at radius 1 is 1.12 bits per heavy atom. The minimum Gasteiger partial charge on any atom is -0.508 e. The van der Waals surface area contributed by atoms with E-state index in [1.54, 1.807) is 0 Å². The van der Waals surface area contributed by atoms with E-state index in [2.05, 4.69) is 32.9 Å². The van der Waals surface area contributed by atoms with Crippen molar-refractivity contribution < 1.29 is 5.11 Å². The second kappa shape index (κ2) is 3.51. The van der Waals surface area contributed by atoms with Crippen LogP contribution < -0.4 is 0 Å². The Kier molecular flexibility index (Phi) is 2.52. The number of phenolic OH excluding ortho intramolecular Hbond substituents is 1. The summed E-state index contributed by atoms with van der Waals surface area (Å²) in [5, 5.41) is 9.60. The fourth-order valence-corrected chi connectivity index (χ4v) is 3.03. The van der Waals surface area contributed by atoms with Gasteiger partial charge in [-0.25, -0.2) is 0 Å². The van der Waals surface area contributed by atoms with Crippen molar-refractivity contribution in [2.24, 2.45) is 5.41 Å². The molecule has 1 unspecified atom stereocenters. The summed E-state index contributed by atoms with van der Waals surface area (Å²) in [6, 6.07) is 6.09. The SMILES string of the molecule is Cc1cc(C2(C)CCCC2(C)C)ccc1O. The van der Waals surface area contributed by atoms with Gasteiger partial charge in [-0.2, -0.15) is 0 Å². The summed E-state index contributed by atoms with van der Waals surface area (Å²) in [5.74, 6) is 0.406. The quantitative estimate of drug-likeness (QED) is 0.750. The van der Waals surface area contributed by atoms with E-state index < -0.39 is 0 Å². The molecule has 0 heterocycles. The van der Waals surface area contributed by atoms with Gasteiger partial charge >= 0.3 is 0 Å². The van der Waals surface area contributed by atoms with E-state index in [9.17, 15) is 5.11 Å². The summed E-state index contributed by atoms with van der Waals surface area (Å²) in [5.41, 5.74) is 2.98. The third-order valence-corrected chi connectivity index (χ3v) is 4.81. The minimum absolute atomic E-state index is 0.255. The van der Waals surface area contributed by atoms with Crippen molar-refractivity contribution in [2.75, 3.05) is 0 Å². The molecule has 1 N–H and O–H groups in total. The first-order valence-corrected chi connectivity index (χ1v) is 6.17. The molecule has 2 rings (SSSR count). The summed E-state index contributed by atoms with van der Waals surface area (Å²) >= 11 is 0. The molecule has 1 nitrogen and oxygen atoms in total. The predicted octanol–water partition coefficient (Wildman–Crippen LogP) is 4.17. The second-order valence-corrected chi connectivity index (χ2v) is 6.07. The predicted molar refractivity (Wildman–Crippen MR) is 67.8 cm³/mol. The lowest BCUT2D eigenvalue weighted by molar-refractivity contribution is 0.224. The molecule has 1 atom stereocenters. The fraction of sp³-hybridized carbons (Fsp3) is 0.600. The van der Waals surface area contributed by atoms with E-state index in [4.69, 9.17) is 0 Å². The Morgan fingerprint density at radius 2 is 1.81 bits per heavy atom. The van der Waals surface area contributed by atoms with Crippen LogP contribution in [0.2, 0.25) is 0 Å². The average molecular weight is 218 g/mol. The standard InChI is InChI=1S/C15H22O/c1-11-10-12(6-7-13(11)16)15(4)9-5-8-14(15,2)3/h6-7,10,16H,5,8-9H2,1-4H3. The minimum atomic E-state index is 0.255. The molecular weight excluding hydrogens is 196 g/mol. The lowest BCUT2D eigenvalue weighted by Gasteiger charge is -2.39. The van der Waals surface area contributed by atoms with Crippen molar-refractivity contribution in [1.82, 2.24) is 0 Å². The lowest BCUT2D eigenvalue weighted by atomic mass is 9.65. The number of hydrogen-bond acceptors (Lipinski definition) is 1. The summed E-state index contributed by atoms with van der Waals surface area (Å²) < 4.78 is 0. The lowest BCUT2D eigenvalue weighted by Crippen LogP contribution is -2.33. The Labute approximate surface area is 98.5 Å². The van der Waals surface area contributed by atoms with Crippen LogP contribution >= 0.6 is 0 Å². The molecule has 1 aromatic carbocycles. The Balaban J connectivity index is 2.47. The number of phenols is 1. The van der Waals surface area contributed by atoms with Crippen LogP contribution in [0.5, 0.6) is 5.75 Å². The molecule has 0 radical (unpaired) electrons. The summed E-state index contributed by atoms with van der Waals surface area (Å²) in [6.45, 7) is 9.07. The Morgan fingerprint density at radius 3 is 2.31 bits per heavy atom. The maximum Gasteiger partial charge on any atom is 0.118 e. The molecule has 1 aliphatic rings. The van der Waals surface area contributed by atoms with Gasteiger partial charge < -0.3 is 5.11 Å². The molecule has 0 amide bonds. The van der Waals surface area contributed by atoms with Gasteiger partial charge in [0.15, 0.2) is 0 Å². The molecule has 1 heteroatoms. The van der Waals surface area contributed by atoms with Gasteiger partial charge in [-0.1, -0.05) is 39.3 Å². The van der Waals surface area contributed by atoms with Crippen LogP contribution in [0.25, 0.3) is 0 Å². The zero-order valence-corrected chi connectivity index (χ0v) is 10.8. The highest BCUT2D eigenvalue weighted by Gasteiger charge is 2.46. The van der Waals surface area contributed by atoms with Crippen molar-refractivity contribution in [3.63, 3.8) is 0 Å². The van der Waals surface area contributed by atoms with Gasteiger partial charge in [-0.3, -0.25) is 0 Å². The van der Waals surface area contributed by atoms with Gasteiger partial charge in [0.05, 0.1) is 0 Å². The van der Waals surface area contributed by atoms with E-state index in [0.29, 0.717) is 11.2 Å². The average Bonchev–Trinajstić information content (AvgIpc) is 2.47. The van der Waals surface area contributed by atoms with Crippen LogP contribution in [0.15, 0.2) is 18.2 Å². The summed E-state index contributed by atoms with van der Waals surface area (Å²) in [4.78, 5) is 0. The molecule has 0 aromatic heterocycles. The topological polar surface area (TPSA) is 20.2 Å². The largest absolute Gasteiger partial charge is 0.508 e. The molecule has 1 aliphatic carbocycles. The molecule has 88 valence electrons. The highest BCUT2D eigenvalue weighted by atomic mass is 16.3. The van der Waals surface area contributed by atoms with E-state index in [1.165, 1.54) is 24.8 Å². The normalized spacial score (nSPS) is 28.2. The number of benzene rings is 1. The number of aryl methyl sites for hydroxylation is 1. The zero-order valence-electron chi connectivity index (χ0n) is 10.8. The molecule has 0 spiro atoms. The van der Waals surface area contributed by atoms with Crippen LogP contribution in [0, 0.1) is 12.3 Å². The third-order valence-electron chi connectivity index (χ3n) is 4.81. The molecule has 0 aliphatic heterocycles. The van der Waals surface area contributed by atoms with Crippen LogP contribution in [0.4, 0.5) is 0 Å². The van der Waals surface area contributed by atoms with Crippen molar-refractivity contribution in [3.8, 4) is 5.75 Å². The first kappa shape index (κ1) is 11.5. The molecule has 0 bridgehead atoms. The Bertz CT molecular complexity index is 406. The molecule has 16 heavy (non-hydrogen) atoms. The van der Waals surface area contributed by atoms with Gasteiger partial charge in [-0.15, -0.1) is 0 Å². The highest BCUT2D eigenvalue weighted by molar-refractivity contribution is 5.39. The van der Waals surface area contributed by atoms with Crippen LogP contribution in [-0.2, 0) is 5.41 Å². The van der Waals surface area contributed by atoms with Gasteiger partial charge in [-0.05, 0) is 47.8 Å². The molecule has 1 aromatic rings. The van der Waals surface area contributed by atoms with Crippen molar-refractivity contribution >= 4 is 0 Å². The highest BCUT2D eigenvalue weighted by Crippen LogP contribution is 2.53.